The number of pyridine rings is 1. The van der Waals surface area contributed by atoms with Crippen LogP contribution in [0.1, 0.15) is 5.56 Å². The number of hydrogen-bond acceptors (Lipinski definition) is 5. The van der Waals surface area contributed by atoms with Gasteiger partial charge in [-0.2, -0.15) is 0 Å². The molecule has 0 saturated heterocycles. The minimum atomic E-state index is -0.354. The summed E-state index contributed by atoms with van der Waals surface area (Å²) >= 11 is 1.47. The van der Waals surface area contributed by atoms with E-state index in [9.17, 15) is 4.39 Å². The molecule has 7 heteroatoms. The third-order valence-corrected chi connectivity index (χ3v) is 4.52. The molecule has 5 nitrogen and oxygen atoms in total. The Kier molecular flexibility index (Phi) is 3.42. The van der Waals surface area contributed by atoms with E-state index in [1.54, 1.807) is 22.9 Å². The summed E-state index contributed by atoms with van der Waals surface area (Å²) in [6.45, 7) is 2.00. The van der Waals surface area contributed by atoms with E-state index in [4.69, 9.17) is 5.73 Å². The van der Waals surface area contributed by atoms with Crippen molar-refractivity contribution in [2.45, 2.75) is 6.92 Å². The summed E-state index contributed by atoms with van der Waals surface area (Å²) in [5.74, 6) is -0.354. The van der Waals surface area contributed by atoms with Crippen LogP contribution in [0.4, 0.5) is 20.9 Å². The van der Waals surface area contributed by atoms with Crippen molar-refractivity contribution < 1.29 is 4.39 Å². The molecule has 1 aromatic carbocycles. The second-order valence-electron chi connectivity index (χ2n) is 5.43. The summed E-state index contributed by atoms with van der Waals surface area (Å²) < 4.78 is 15.5. The Balaban J connectivity index is 1.69. The number of imidazole rings is 1. The van der Waals surface area contributed by atoms with Gasteiger partial charge in [-0.15, -0.1) is 11.3 Å². The predicted molar refractivity (Wildman–Crippen MR) is 95.1 cm³/mol. The van der Waals surface area contributed by atoms with Gasteiger partial charge in [0.25, 0.3) is 0 Å². The van der Waals surface area contributed by atoms with Gasteiger partial charge in [0, 0.05) is 23.0 Å². The van der Waals surface area contributed by atoms with E-state index < -0.39 is 0 Å². The summed E-state index contributed by atoms with van der Waals surface area (Å²) in [5.41, 5.74) is 10.3. The van der Waals surface area contributed by atoms with Gasteiger partial charge in [-0.1, -0.05) is 6.07 Å². The van der Waals surface area contributed by atoms with Gasteiger partial charge in [-0.25, -0.2) is 14.4 Å². The van der Waals surface area contributed by atoms with Gasteiger partial charge < -0.3 is 11.1 Å². The number of aromatic nitrogens is 3. The SMILES string of the molecule is Cc1ccc(N)cc1Nc1nc(-c2cnc3c(F)cccn23)cs1. The zero-order valence-corrected chi connectivity index (χ0v) is 13.6. The Labute approximate surface area is 141 Å². The molecule has 0 aliphatic heterocycles. The lowest BCUT2D eigenvalue weighted by molar-refractivity contribution is 0.630. The number of aryl methyl sites for hydroxylation is 1. The van der Waals surface area contributed by atoms with E-state index >= 15 is 0 Å². The normalized spacial score (nSPS) is 11.1. The van der Waals surface area contributed by atoms with Crippen LogP contribution in [0.5, 0.6) is 0 Å². The van der Waals surface area contributed by atoms with Crippen LogP contribution in [0, 0.1) is 12.7 Å². The molecule has 24 heavy (non-hydrogen) atoms. The molecule has 0 aliphatic rings. The Morgan fingerprint density at radius 1 is 1.29 bits per heavy atom. The number of hydrogen-bond donors (Lipinski definition) is 2. The molecule has 0 radical (unpaired) electrons. The number of thiazole rings is 1. The van der Waals surface area contributed by atoms with Crippen LogP contribution in [0.25, 0.3) is 17.0 Å². The minimum Gasteiger partial charge on any atom is -0.399 e. The second kappa shape index (κ2) is 5.61. The van der Waals surface area contributed by atoms with Crippen molar-refractivity contribution >= 4 is 33.5 Å². The molecule has 4 rings (SSSR count). The molecule has 3 heterocycles. The summed E-state index contributed by atoms with van der Waals surface area (Å²) in [5, 5.41) is 5.93. The molecule has 0 atom stereocenters. The highest BCUT2D eigenvalue weighted by Gasteiger charge is 2.12. The van der Waals surface area contributed by atoms with E-state index in [2.05, 4.69) is 15.3 Å². The van der Waals surface area contributed by atoms with Gasteiger partial charge in [0.1, 0.15) is 5.69 Å². The number of nitrogen functional groups attached to an aromatic ring is 1. The van der Waals surface area contributed by atoms with Gasteiger partial charge in [0.15, 0.2) is 16.6 Å². The van der Waals surface area contributed by atoms with Crippen molar-refractivity contribution in [1.82, 2.24) is 14.4 Å². The molecule has 0 unspecified atom stereocenters. The van der Waals surface area contributed by atoms with Crippen molar-refractivity contribution in [2.75, 3.05) is 11.1 Å². The van der Waals surface area contributed by atoms with Crippen molar-refractivity contribution in [1.29, 1.82) is 0 Å². The highest BCUT2D eigenvalue weighted by Crippen LogP contribution is 2.29. The fourth-order valence-corrected chi connectivity index (χ4v) is 3.22. The molecule has 3 aromatic heterocycles. The van der Waals surface area contributed by atoms with Crippen LogP contribution in [0.2, 0.25) is 0 Å². The molecule has 0 bridgehead atoms. The van der Waals surface area contributed by atoms with Crippen molar-refractivity contribution in [3.05, 3.63) is 59.5 Å². The van der Waals surface area contributed by atoms with Gasteiger partial charge in [-0.05, 0) is 36.8 Å². The van der Waals surface area contributed by atoms with Crippen LogP contribution in [0.15, 0.2) is 48.1 Å². The molecule has 3 N–H and O–H groups in total. The van der Waals surface area contributed by atoms with E-state index in [-0.39, 0.29) is 5.82 Å². The highest BCUT2D eigenvalue weighted by atomic mass is 32.1. The third kappa shape index (κ3) is 2.48. The van der Waals surface area contributed by atoms with Crippen molar-refractivity contribution in [3.63, 3.8) is 0 Å². The number of benzene rings is 1. The Morgan fingerprint density at radius 3 is 3.04 bits per heavy atom. The zero-order chi connectivity index (χ0) is 16.7. The molecule has 120 valence electrons. The molecule has 0 aliphatic carbocycles. The average Bonchev–Trinajstić information content (AvgIpc) is 3.18. The topological polar surface area (TPSA) is 68.2 Å². The fourth-order valence-electron chi connectivity index (χ4n) is 2.50. The summed E-state index contributed by atoms with van der Waals surface area (Å²) in [6.07, 6.45) is 3.40. The van der Waals surface area contributed by atoms with E-state index in [1.807, 2.05) is 30.5 Å². The highest BCUT2D eigenvalue weighted by molar-refractivity contribution is 7.14. The number of fused-ring (bicyclic) bond motifs is 1. The summed E-state index contributed by atoms with van der Waals surface area (Å²) in [6, 6.07) is 8.73. The molecule has 4 aromatic rings. The predicted octanol–water partition coefficient (Wildman–Crippen LogP) is 4.23. The third-order valence-electron chi connectivity index (χ3n) is 3.76. The van der Waals surface area contributed by atoms with Crippen LogP contribution in [0.3, 0.4) is 0 Å². The number of rotatable bonds is 3. The quantitative estimate of drug-likeness (QED) is 0.548. The maximum Gasteiger partial charge on any atom is 0.187 e. The standard InChI is InChI=1S/C17H14FN5S/c1-10-4-5-11(19)7-13(10)21-17-22-14(9-24-17)15-8-20-16-12(18)3-2-6-23(15)16/h2-9H,19H2,1H3,(H,21,22). The maximum atomic E-state index is 13.8. The van der Waals surface area contributed by atoms with E-state index in [0.717, 1.165) is 27.8 Å². The van der Waals surface area contributed by atoms with Crippen molar-refractivity contribution in [2.24, 2.45) is 0 Å². The summed E-state index contributed by atoms with van der Waals surface area (Å²) in [4.78, 5) is 8.71. The molecule has 0 saturated carbocycles. The summed E-state index contributed by atoms with van der Waals surface area (Å²) in [7, 11) is 0. The van der Waals surface area contributed by atoms with Crippen LogP contribution in [-0.2, 0) is 0 Å². The lowest BCUT2D eigenvalue weighted by Gasteiger charge is -2.07. The van der Waals surface area contributed by atoms with Crippen LogP contribution < -0.4 is 11.1 Å². The molecule has 0 fully saturated rings. The molecular formula is C17H14FN5S. The molecular weight excluding hydrogens is 325 g/mol. The largest absolute Gasteiger partial charge is 0.399 e. The van der Waals surface area contributed by atoms with E-state index in [0.29, 0.717) is 11.3 Å². The van der Waals surface area contributed by atoms with Gasteiger partial charge in [-0.3, -0.25) is 4.40 Å². The number of nitrogens with one attached hydrogen (secondary N) is 1. The zero-order valence-electron chi connectivity index (χ0n) is 12.8. The van der Waals surface area contributed by atoms with Gasteiger partial charge in [0.05, 0.1) is 11.9 Å². The van der Waals surface area contributed by atoms with E-state index in [1.165, 1.54) is 17.4 Å². The Bertz CT molecular complexity index is 1040. The molecule has 0 amide bonds. The molecule has 0 spiro atoms. The number of halogens is 1. The first-order valence-corrected chi connectivity index (χ1v) is 8.20. The maximum absolute atomic E-state index is 13.8. The second-order valence-corrected chi connectivity index (χ2v) is 6.29. The van der Waals surface area contributed by atoms with Crippen LogP contribution >= 0.6 is 11.3 Å². The smallest absolute Gasteiger partial charge is 0.187 e. The lowest BCUT2D eigenvalue weighted by atomic mass is 10.2. The average molecular weight is 339 g/mol. The number of nitrogens with zero attached hydrogens (tertiary/aromatic N) is 3. The first-order valence-electron chi connectivity index (χ1n) is 7.32. The first kappa shape index (κ1) is 14.6. The number of nitrogens with two attached hydrogens (primary N) is 1. The fraction of sp³-hybridized carbons (Fsp3) is 0.0588. The van der Waals surface area contributed by atoms with Crippen molar-refractivity contribution in [3.8, 4) is 11.4 Å². The number of anilines is 3. The first-order chi connectivity index (χ1) is 11.6. The Hall–Kier alpha value is -2.93. The lowest BCUT2D eigenvalue weighted by Crippen LogP contribution is -1.95. The monoisotopic (exact) mass is 339 g/mol. The Morgan fingerprint density at radius 2 is 2.17 bits per heavy atom. The van der Waals surface area contributed by atoms with Gasteiger partial charge >= 0.3 is 0 Å². The van der Waals surface area contributed by atoms with Crippen LogP contribution in [-0.4, -0.2) is 14.4 Å². The van der Waals surface area contributed by atoms with Gasteiger partial charge in [0.2, 0.25) is 0 Å². The minimum absolute atomic E-state index is 0.293.